The van der Waals surface area contributed by atoms with Gasteiger partial charge in [-0.1, -0.05) is 12.8 Å². The van der Waals surface area contributed by atoms with Gasteiger partial charge in [0.2, 0.25) is 0 Å². The van der Waals surface area contributed by atoms with Crippen LogP contribution in [-0.4, -0.2) is 29.0 Å². The summed E-state index contributed by atoms with van der Waals surface area (Å²) in [7, 11) is 0. The molecule has 0 aromatic carbocycles. The van der Waals surface area contributed by atoms with Crippen LogP contribution in [-0.2, 0) is 0 Å². The Morgan fingerprint density at radius 2 is 2.13 bits per heavy atom. The Hall–Kier alpha value is -0.840. The monoisotopic (exact) mass is 233 g/mol. The van der Waals surface area contributed by atoms with Crippen molar-refractivity contribution in [3.63, 3.8) is 0 Å². The van der Waals surface area contributed by atoms with Crippen LogP contribution in [0.25, 0.3) is 0 Å². The maximum atomic E-state index is 11.6. The average Bonchev–Trinajstić information content (AvgIpc) is 2.60. The summed E-state index contributed by atoms with van der Waals surface area (Å²) in [5.41, 5.74) is -0.188. The van der Waals surface area contributed by atoms with Crippen LogP contribution in [0.5, 0.6) is 0 Å². The molecule has 0 aromatic rings. The van der Waals surface area contributed by atoms with Crippen molar-refractivity contribution in [3.05, 3.63) is 4.91 Å². The predicted octanol–water partition coefficient (Wildman–Crippen LogP) is 2.25. The third-order valence-electron chi connectivity index (χ3n) is 2.75. The number of halogens is 1. The van der Waals surface area contributed by atoms with Crippen LogP contribution >= 0.6 is 11.6 Å². The highest BCUT2D eigenvalue weighted by Crippen LogP contribution is 2.28. The van der Waals surface area contributed by atoms with Crippen LogP contribution in [0, 0.1) is 4.91 Å². The van der Waals surface area contributed by atoms with Crippen molar-refractivity contribution in [2.75, 3.05) is 12.4 Å². The number of nitroso groups, excluding NO2 is 1. The second-order valence-corrected chi connectivity index (χ2v) is 4.47. The minimum Gasteiger partial charge on any atom is -0.331 e. The van der Waals surface area contributed by atoms with Gasteiger partial charge in [-0.3, -0.25) is 0 Å². The molecule has 1 aliphatic rings. The molecule has 6 heteroatoms. The van der Waals surface area contributed by atoms with Gasteiger partial charge in [-0.25, -0.2) is 4.79 Å². The first kappa shape index (κ1) is 12.2. The third kappa shape index (κ3) is 3.34. The smallest absolute Gasteiger partial charge is 0.331 e. The first-order valence-corrected chi connectivity index (χ1v) is 5.64. The first-order valence-electron chi connectivity index (χ1n) is 5.10. The Bertz CT molecular complexity index is 242. The Balaban J connectivity index is 2.49. The molecule has 2 amide bonds. The summed E-state index contributed by atoms with van der Waals surface area (Å²) in [6.07, 6.45) is 4.13. The summed E-state index contributed by atoms with van der Waals surface area (Å²) >= 11 is 5.45. The highest BCUT2D eigenvalue weighted by Gasteiger charge is 2.31. The van der Waals surface area contributed by atoms with Gasteiger partial charge in [-0.05, 0) is 19.8 Å². The van der Waals surface area contributed by atoms with E-state index in [9.17, 15) is 9.70 Å². The highest BCUT2D eigenvalue weighted by atomic mass is 35.5. The fourth-order valence-corrected chi connectivity index (χ4v) is 2.02. The number of urea groups is 1. The Morgan fingerprint density at radius 3 is 2.60 bits per heavy atom. The van der Waals surface area contributed by atoms with Crippen molar-refractivity contribution in [2.24, 2.45) is 5.29 Å². The lowest BCUT2D eigenvalue weighted by atomic mass is 10.0. The number of alkyl halides is 1. The zero-order chi connectivity index (χ0) is 11.3. The average molecular weight is 234 g/mol. The molecule has 0 radical (unpaired) electrons. The minimum absolute atomic E-state index is 0.146. The summed E-state index contributed by atoms with van der Waals surface area (Å²) < 4.78 is 0. The number of carbonyl (C=O) groups is 1. The molecule has 0 bridgehead atoms. The number of hydrogen-bond acceptors (Lipinski definition) is 3. The van der Waals surface area contributed by atoms with Crippen LogP contribution in [0.3, 0.4) is 0 Å². The van der Waals surface area contributed by atoms with Crippen LogP contribution < -0.4 is 5.32 Å². The second-order valence-electron chi connectivity index (χ2n) is 4.09. The molecule has 1 N–H and O–H groups in total. The van der Waals surface area contributed by atoms with Gasteiger partial charge in [0.05, 0.1) is 11.8 Å². The van der Waals surface area contributed by atoms with E-state index in [-0.39, 0.29) is 18.0 Å². The van der Waals surface area contributed by atoms with E-state index in [1.807, 2.05) is 6.92 Å². The van der Waals surface area contributed by atoms with Gasteiger partial charge in [0.15, 0.2) is 0 Å². The van der Waals surface area contributed by atoms with Crippen LogP contribution in [0.1, 0.15) is 32.6 Å². The molecule has 0 aromatic heterocycles. The molecule has 0 unspecified atom stereocenters. The van der Waals surface area contributed by atoms with E-state index < -0.39 is 6.03 Å². The van der Waals surface area contributed by atoms with Crippen LogP contribution in [0.2, 0.25) is 0 Å². The second kappa shape index (κ2) is 5.30. The van der Waals surface area contributed by atoms with Gasteiger partial charge in [0.1, 0.15) is 0 Å². The molecule has 0 aliphatic heterocycles. The summed E-state index contributed by atoms with van der Waals surface area (Å²) in [5, 5.41) is 6.29. The van der Waals surface area contributed by atoms with E-state index in [0.29, 0.717) is 0 Å². The molecule has 0 atom stereocenters. The molecule has 15 heavy (non-hydrogen) atoms. The number of nitrogens with one attached hydrogen (secondary N) is 1. The Morgan fingerprint density at radius 1 is 1.53 bits per heavy atom. The molecule has 0 saturated heterocycles. The molecule has 1 aliphatic carbocycles. The van der Waals surface area contributed by atoms with Gasteiger partial charge in [0, 0.05) is 11.4 Å². The fraction of sp³-hybridized carbons (Fsp3) is 0.889. The van der Waals surface area contributed by atoms with Crippen LogP contribution in [0.4, 0.5) is 4.79 Å². The fourth-order valence-electron chi connectivity index (χ4n) is 1.86. The van der Waals surface area contributed by atoms with E-state index in [4.69, 9.17) is 11.6 Å². The van der Waals surface area contributed by atoms with Crippen molar-refractivity contribution in [3.8, 4) is 0 Å². The summed E-state index contributed by atoms with van der Waals surface area (Å²) in [5.74, 6) is 0.204. The van der Waals surface area contributed by atoms with Gasteiger partial charge in [-0.15, -0.1) is 16.5 Å². The standard InChI is InChI=1S/C9H16ClN3O2/c1-9(4-2-3-5-9)11-8(14)13(12-15)7-6-10/h2-7H2,1H3,(H,11,14). The molecule has 0 spiro atoms. The topological polar surface area (TPSA) is 61.8 Å². The number of nitrogens with zero attached hydrogens (tertiary/aromatic N) is 2. The lowest BCUT2D eigenvalue weighted by Crippen LogP contribution is -2.49. The lowest BCUT2D eigenvalue weighted by molar-refractivity contribution is 0.189. The first-order chi connectivity index (χ1) is 7.11. The van der Waals surface area contributed by atoms with Crippen molar-refractivity contribution in [1.82, 2.24) is 10.3 Å². The van der Waals surface area contributed by atoms with E-state index in [1.54, 1.807) is 0 Å². The lowest BCUT2D eigenvalue weighted by Gasteiger charge is -2.26. The molecule has 1 fully saturated rings. The minimum atomic E-state index is -0.449. The number of carbonyl (C=O) groups excluding carboxylic acids is 1. The van der Waals surface area contributed by atoms with E-state index in [0.717, 1.165) is 30.7 Å². The maximum Gasteiger partial charge on any atom is 0.340 e. The summed E-state index contributed by atoms with van der Waals surface area (Å²) in [6, 6.07) is -0.449. The largest absolute Gasteiger partial charge is 0.340 e. The van der Waals surface area contributed by atoms with Gasteiger partial charge >= 0.3 is 6.03 Å². The Kier molecular flexibility index (Phi) is 4.32. The third-order valence-corrected chi connectivity index (χ3v) is 2.91. The zero-order valence-electron chi connectivity index (χ0n) is 8.83. The van der Waals surface area contributed by atoms with Crippen molar-refractivity contribution >= 4 is 17.6 Å². The number of rotatable bonds is 4. The quantitative estimate of drug-likeness (QED) is 0.460. The Labute approximate surface area is 94.1 Å². The predicted molar refractivity (Wildman–Crippen MR) is 58.6 cm³/mol. The van der Waals surface area contributed by atoms with E-state index >= 15 is 0 Å². The van der Waals surface area contributed by atoms with E-state index in [2.05, 4.69) is 10.6 Å². The molecule has 86 valence electrons. The molecular formula is C9H16ClN3O2. The summed E-state index contributed by atoms with van der Waals surface area (Å²) in [4.78, 5) is 22.0. The zero-order valence-corrected chi connectivity index (χ0v) is 9.59. The maximum absolute atomic E-state index is 11.6. The molecule has 1 rings (SSSR count). The summed E-state index contributed by atoms with van der Waals surface area (Å²) in [6.45, 7) is 2.13. The van der Waals surface area contributed by atoms with Gasteiger partial charge in [0.25, 0.3) is 0 Å². The molecule has 5 nitrogen and oxygen atoms in total. The van der Waals surface area contributed by atoms with Gasteiger partial charge in [-0.2, -0.15) is 5.01 Å². The van der Waals surface area contributed by atoms with Crippen molar-refractivity contribution < 1.29 is 4.79 Å². The number of hydrogen-bond donors (Lipinski definition) is 1. The normalized spacial score (nSPS) is 18.5. The highest BCUT2D eigenvalue weighted by molar-refractivity contribution is 6.18. The molecule has 0 heterocycles. The van der Waals surface area contributed by atoms with Crippen molar-refractivity contribution in [2.45, 2.75) is 38.1 Å². The SMILES string of the molecule is CC1(NC(=O)N(CCCl)N=O)CCCC1. The molecular weight excluding hydrogens is 218 g/mol. The van der Waals surface area contributed by atoms with Crippen molar-refractivity contribution in [1.29, 1.82) is 0 Å². The number of amides is 2. The van der Waals surface area contributed by atoms with Gasteiger partial charge < -0.3 is 5.32 Å². The van der Waals surface area contributed by atoms with E-state index in [1.165, 1.54) is 0 Å². The van der Waals surface area contributed by atoms with Crippen LogP contribution in [0.15, 0.2) is 5.29 Å². The molecule has 1 saturated carbocycles.